The average molecular weight is 322 g/mol. The molecule has 126 valence electrons. The number of carbonyl (C=O) groups excluding carboxylic acids is 2. The third kappa shape index (κ3) is 4.57. The summed E-state index contributed by atoms with van der Waals surface area (Å²) in [7, 11) is 0. The fourth-order valence-corrected chi connectivity index (χ4v) is 2.79. The molecule has 2 atom stereocenters. The van der Waals surface area contributed by atoms with Gasteiger partial charge in [-0.15, -0.1) is 0 Å². The second-order valence-corrected chi connectivity index (χ2v) is 5.63. The van der Waals surface area contributed by atoms with Gasteiger partial charge in [0.2, 0.25) is 11.8 Å². The molecule has 0 bridgehead atoms. The Balaban J connectivity index is 1.90. The molecule has 6 nitrogen and oxygen atoms in total. The minimum Gasteiger partial charge on any atom is -0.356 e. The zero-order chi connectivity index (χ0) is 16.2. The van der Waals surface area contributed by atoms with E-state index in [-0.39, 0.29) is 12.3 Å². The maximum absolute atomic E-state index is 13.2. The average Bonchev–Trinajstić information content (AvgIpc) is 2.47. The predicted octanol–water partition coefficient (Wildman–Crippen LogP) is -0.535. The van der Waals surface area contributed by atoms with Gasteiger partial charge < -0.3 is 16.0 Å². The lowest BCUT2D eigenvalue weighted by atomic mass is 9.96. The Hall–Kier alpha value is -1.35. The van der Waals surface area contributed by atoms with Crippen LogP contribution in [0.4, 0.5) is 13.2 Å². The zero-order valence-electron chi connectivity index (χ0n) is 12.2. The van der Waals surface area contributed by atoms with Crippen LogP contribution >= 0.6 is 0 Å². The van der Waals surface area contributed by atoms with Gasteiger partial charge in [-0.1, -0.05) is 0 Å². The van der Waals surface area contributed by atoms with E-state index in [1.54, 1.807) is 0 Å². The van der Waals surface area contributed by atoms with E-state index in [2.05, 4.69) is 16.0 Å². The molecule has 0 spiro atoms. The summed E-state index contributed by atoms with van der Waals surface area (Å²) in [6.45, 7) is 1.52. The van der Waals surface area contributed by atoms with Crippen LogP contribution in [0.15, 0.2) is 0 Å². The third-order valence-corrected chi connectivity index (χ3v) is 4.06. The number of alkyl halides is 3. The highest BCUT2D eigenvalue weighted by molar-refractivity contribution is 5.86. The summed E-state index contributed by atoms with van der Waals surface area (Å²) < 4.78 is 39.5. The van der Waals surface area contributed by atoms with Crippen LogP contribution < -0.4 is 16.0 Å². The summed E-state index contributed by atoms with van der Waals surface area (Å²) in [5.74, 6) is -1.24. The number of nitrogens with zero attached hydrogens (tertiary/aromatic N) is 1. The smallest absolute Gasteiger partial charge is 0.356 e. The Morgan fingerprint density at radius 3 is 2.59 bits per heavy atom. The third-order valence-electron chi connectivity index (χ3n) is 4.06. The molecule has 2 saturated heterocycles. The lowest BCUT2D eigenvalue weighted by Gasteiger charge is -2.36. The first-order chi connectivity index (χ1) is 10.4. The van der Waals surface area contributed by atoms with Crippen molar-refractivity contribution in [3.8, 4) is 0 Å². The molecular formula is C13H21F3N4O2. The van der Waals surface area contributed by atoms with E-state index in [1.165, 1.54) is 4.90 Å². The first-order valence-corrected chi connectivity index (χ1v) is 7.44. The maximum Gasteiger partial charge on any atom is 0.405 e. The van der Waals surface area contributed by atoms with Crippen molar-refractivity contribution < 1.29 is 22.8 Å². The summed E-state index contributed by atoms with van der Waals surface area (Å²) in [5, 5.41) is 7.97. The van der Waals surface area contributed by atoms with Crippen molar-refractivity contribution >= 4 is 11.8 Å². The van der Waals surface area contributed by atoms with Crippen molar-refractivity contribution in [3.05, 3.63) is 0 Å². The van der Waals surface area contributed by atoms with Gasteiger partial charge in [0.05, 0.1) is 0 Å². The molecule has 2 fully saturated rings. The number of piperazine rings is 1. The molecular weight excluding hydrogens is 301 g/mol. The van der Waals surface area contributed by atoms with Crippen LogP contribution in [0.2, 0.25) is 0 Å². The molecule has 0 saturated carbocycles. The van der Waals surface area contributed by atoms with Crippen LogP contribution in [0.5, 0.6) is 0 Å². The van der Waals surface area contributed by atoms with E-state index in [0.29, 0.717) is 39.1 Å². The first-order valence-electron chi connectivity index (χ1n) is 7.44. The van der Waals surface area contributed by atoms with Crippen LogP contribution in [-0.2, 0) is 9.59 Å². The van der Waals surface area contributed by atoms with Gasteiger partial charge in [0.15, 0.2) is 0 Å². The number of nitrogens with one attached hydrogen (secondary N) is 3. The summed E-state index contributed by atoms with van der Waals surface area (Å²) in [6.07, 6.45) is -3.90. The van der Waals surface area contributed by atoms with E-state index in [1.807, 2.05) is 0 Å². The summed E-state index contributed by atoms with van der Waals surface area (Å²) in [5.41, 5.74) is 0. The summed E-state index contributed by atoms with van der Waals surface area (Å²) in [4.78, 5) is 24.5. The van der Waals surface area contributed by atoms with Crippen LogP contribution in [0, 0.1) is 5.92 Å². The van der Waals surface area contributed by atoms with E-state index in [0.717, 1.165) is 0 Å². The van der Waals surface area contributed by atoms with Gasteiger partial charge in [0.25, 0.3) is 0 Å². The Kier molecular flexibility index (Phi) is 5.63. The number of halogens is 3. The molecule has 0 radical (unpaired) electrons. The maximum atomic E-state index is 13.2. The zero-order valence-corrected chi connectivity index (χ0v) is 12.2. The molecule has 2 amide bonds. The molecule has 0 aliphatic carbocycles. The molecule has 3 N–H and O–H groups in total. The van der Waals surface area contributed by atoms with Crippen LogP contribution in [-0.4, -0.2) is 68.2 Å². The summed E-state index contributed by atoms with van der Waals surface area (Å²) >= 11 is 0. The minimum atomic E-state index is -4.39. The van der Waals surface area contributed by atoms with Gasteiger partial charge in [0.1, 0.15) is 6.04 Å². The lowest BCUT2D eigenvalue weighted by Crippen LogP contribution is -2.58. The standard InChI is InChI=1S/C13H21F3N4O2/c14-13(15,16)10(20-5-3-17-4-6-20)8-19-12(22)9-1-2-18-11(21)7-9/h9-10,17H,1-8H2,(H,18,21)(H,19,22). The first kappa shape index (κ1) is 17.0. The van der Waals surface area contributed by atoms with Gasteiger partial charge in [-0.05, 0) is 6.42 Å². The number of hydrogen-bond donors (Lipinski definition) is 3. The van der Waals surface area contributed by atoms with Crippen molar-refractivity contribution in [1.82, 2.24) is 20.9 Å². The molecule has 2 aliphatic rings. The SMILES string of the molecule is O=C1CC(C(=O)NCC(N2CCNCC2)C(F)(F)F)CCN1. The quantitative estimate of drug-likeness (QED) is 0.650. The highest BCUT2D eigenvalue weighted by Crippen LogP contribution is 2.25. The molecule has 0 aromatic heterocycles. The molecule has 2 unspecified atom stereocenters. The van der Waals surface area contributed by atoms with Crippen molar-refractivity contribution in [2.45, 2.75) is 25.1 Å². The Morgan fingerprint density at radius 2 is 2.00 bits per heavy atom. The fourth-order valence-electron chi connectivity index (χ4n) is 2.79. The normalized spacial score (nSPS) is 25.4. The van der Waals surface area contributed by atoms with Gasteiger partial charge in [-0.25, -0.2) is 0 Å². The monoisotopic (exact) mass is 322 g/mol. The largest absolute Gasteiger partial charge is 0.405 e. The Labute approximate surface area is 126 Å². The van der Waals surface area contributed by atoms with Gasteiger partial charge in [0, 0.05) is 51.6 Å². The van der Waals surface area contributed by atoms with Crippen molar-refractivity contribution in [1.29, 1.82) is 0 Å². The number of amides is 2. The van der Waals surface area contributed by atoms with Crippen molar-refractivity contribution in [2.75, 3.05) is 39.3 Å². The van der Waals surface area contributed by atoms with Gasteiger partial charge in [-0.2, -0.15) is 13.2 Å². The van der Waals surface area contributed by atoms with E-state index < -0.39 is 30.6 Å². The Bertz CT molecular complexity index is 411. The fraction of sp³-hybridized carbons (Fsp3) is 0.846. The number of rotatable bonds is 4. The lowest BCUT2D eigenvalue weighted by molar-refractivity contribution is -0.184. The number of piperidine rings is 1. The highest BCUT2D eigenvalue weighted by atomic mass is 19.4. The molecule has 9 heteroatoms. The van der Waals surface area contributed by atoms with Crippen molar-refractivity contribution in [2.24, 2.45) is 5.92 Å². The molecule has 2 aliphatic heterocycles. The van der Waals surface area contributed by atoms with Crippen LogP contribution in [0.1, 0.15) is 12.8 Å². The van der Waals surface area contributed by atoms with E-state index >= 15 is 0 Å². The number of hydrogen-bond acceptors (Lipinski definition) is 4. The van der Waals surface area contributed by atoms with E-state index in [9.17, 15) is 22.8 Å². The molecule has 2 heterocycles. The predicted molar refractivity (Wildman–Crippen MR) is 73.0 cm³/mol. The second-order valence-electron chi connectivity index (χ2n) is 5.63. The van der Waals surface area contributed by atoms with E-state index in [4.69, 9.17) is 0 Å². The van der Waals surface area contributed by atoms with Crippen molar-refractivity contribution in [3.63, 3.8) is 0 Å². The summed E-state index contributed by atoms with van der Waals surface area (Å²) in [6, 6.07) is -1.68. The highest BCUT2D eigenvalue weighted by Gasteiger charge is 2.44. The van der Waals surface area contributed by atoms with Gasteiger partial charge >= 0.3 is 6.18 Å². The topological polar surface area (TPSA) is 73.5 Å². The molecule has 0 aromatic carbocycles. The van der Waals surface area contributed by atoms with Crippen LogP contribution in [0.3, 0.4) is 0 Å². The Morgan fingerprint density at radius 1 is 1.32 bits per heavy atom. The number of carbonyl (C=O) groups is 2. The molecule has 22 heavy (non-hydrogen) atoms. The van der Waals surface area contributed by atoms with Crippen LogP contribution in [0.25, 0.3) is 0 Å². The molecule has 2 rings (SSSR count). The van der Waals surface area contributed by atoms with Gasteiger partial charge in [-0.3, -0.25) is 14.5 Å². The molecule has 0 aromatic rings. The minimum absolute atomic E-state index is 0.0378. The second kappa shape index (κ2) is 7.28.